The number of halogens is 3. The molecule has 2 aromatic rings. The third kappa shape index (κ3) is 3.41. The molecule has 0 saturated heterocycles. The maximum absolute atomic E-state index is 12.4. The van der Waals surface area contributed by atoms with Gasteiger partial charge < -0.3 is 16.8 Å². The van der Waals surface area contributed by atoms with Gasteiger partial charge in [0.2, 0.25) is 0 Å². The Bertz CT molecular complexity index is 668. The molecule has 110 valence electrons. The second-order valence-corrected chi connectivity index (χ2v) is 4.20. The molecule has 0 spiro atoms. The number of benzene rings is 1. The molecule has 0 aliphatic carbocycles. The molecule has 1 amide bonds. The van der Waals surface area contributed by atoms with E-state index in [1.54, 1.807) is 0 Å². The normalized spacial score (nSPS) is 11.2. The predicted octanol–water partition coefficient (Wildman–Crippen LogP) is 2.53. The smallest absolute Gasteiger partial charge is 0.396 e. The number of amides is 1. The maximum atomic E-state index is 12.4. The molecule has 21 heavy (non-hydrogen) atoms. The molecule has 1 heterocycles. The Balaban J connectivity index is 2.26. The van der Waals surface area contributed by atoms with Crippen molar-refractivity contribution >= 4 is 23.1 Å². The van der Waals surface area contributed by atoms with E-state index in [4.69, 9.17) is 11.5 Å². The van der Waals surface area contributed by atoms with Gasteiger partial charge in [-0.2, -0.15) is 13.2 Å². The number of alkyl halides is 3. The Morgan fingerprint density at radius 3 is 2.24 bits per heavy atom. The fraction of sp³-hybridized carbons (Fsp3) is 0.0769. The summed E-state index contributed by atoms with van der Waals surface area (Å²) in [4.78, 5) is 14.9. The van der Waals surface area contributed by atoms with Crippen molar-refractivity contribution in [1.29, 1.82) is 0 Å². The number of nitrogens with two attached hydrogens (primary N) is 2. The molecule has 5 nitrogen and oxygen atoms in total. The first-order valence-electron chi connectivity index (χ1n) is 5.78. The largest absolute Gasteiger partial charge is 0.416 e. The van der Waals surface area contributed by atoms with Crippen molar-refractivity contribution in [2.45, 2.75) is 6.18 Å². The lowest BCUT2D eigenvalue weighted by atomic mass is 10.2. The molecule has 5 N–H and O–H groups in total. The number of anilines is 3. The number of hydrogen-bond acceptors (Lipinski definition) is 4. The van der Waals surface area contributed by atoms with E-state index in [1.807, 2.05) is 0 Å². The van der Waals surface area contributed by atoms with Gasteiger partial charge in [-0.15, -0.1) is 0 Å². The Hall–Kier alpha value is -2.77. The quantitative estimate of drug-likeness (QED) is 0.811. The highest BCUT2D eigenvalue weighted by Crippen LogP contribution is 2.30. The van der Waals surface area contributed by atoms with Gasteiger partial charge in [0.05, 0.1) is 11.3 Å². The van der Waals surface area contributed by atoms with Crippen LogP contribution in [0.5, 0.6) is 0 Å². The lowest BCUT2D eigenvalue weighted by Gasteiger charge is -2.11. The lowest BCUT2D eigenvalue weighted by Crippen LogP contribution is -2.14. The van der Waals surface area contributed by atoms with Crippen LogP contribution in [0.4, 0.5) is 30.4 Å². The summed E-state index contributed by atoms with van der Waals surface area (Å²) in [5.41, 5.74) is 10.6. The molecule has 0 bridgehead atoms. The van der Waals surface area contributed by atoms with Crippen molar-refractivity contribution in [1.82, 2.24) is 4.98 Å². The van der Waals surface area contributed by atoms with Crippen LogP contribution in [-0.4, -0.2) is 10.9 Å². The molecule has 1 aromatic heterocycles. The number of nitrogens with one attached hydrogen (secondary N) is 1. The minimum Gasteiger partial charge on any atom is -0.396 e. The number of hydrogen-bond donors (Lipinski definition) is 3. The molecule has 0 unspecified atom stereocenters. The third-order valence-corrected chi connectivity index (χ3v) is 2.65. The number of nitrogen functional groups attached to an aromatic ring is 1. The summed E-state index contributed by atoms with van der Waals surface area (Å²) < 4.78 is 37.3. The van der Waals surface area contributed by atoms with Crippen LogP contribution >= 0.6 is 0 Å². The Kier molecular flexibility index (Phi) is 3.70. The van der Waals surface area contributed by atoms with Crippen LogP contribution in [0.1, 0.15) is 16.1 Å². The molecule has 1 aromatic carbocycles. The van der Waals surface area contributed by atoms with Gasteiger partial charge in [-0.05, 0) is 36.4 Å². The molecule has 8 heteroatoms. The summed E-state index contributed by atoms with van der Waals surface area (Å²) in [5.74, 6) is -0.587. The van der Waals surface area contributed by atoms with E-state index in [1.165, 1.54) is 24.3 Å². The van der Waals surface area contributed by atoms with E-state index in [-0.39, 0.29) is 17.2 Å². The van der Waals surface area contributed by atoms with Gasteiger partial charge in [-0.25, -0.2) is 4.98 Å². The molecule has 2 rings (SSSR count). The van der Waals surface area contributed by atoms with Gasteiger partial charge in [0, 0.05) is 5.69 Å². The number of aromatic nitrogens is 1. The Labute approximate surface area is 117 Å². The minimum absolute atomic E-state index is 0.00129. The van der Waals surface area contributed by atoms with Gasteiger partial charge in [0.1, 0.15) is 5.69 Å². The standard InChI is InChI=1S/C13H11F3N4O/c14-13(15,16)7-1-3-8(4-2-7)19-12-9(17)5-6-10(20-12)11(18)21/h1-6H,17H2,(H2,18,21)(H,19,20). The second kappa shape index (κ2) is 5.31. The van der Waals surface area contributed by atoms with E-state index in [2.05, 4.69) is 10.3 Å². The highest BCUT2D eigenvalue weighted by molar-refractivity contribution is 5.92. The van der Waals surface area contributed by atoms with Crippen LogP contribution in [0, 0.1) is 0 Å². The molecule has 0 aliphatic rings. The van der Waals surface area contributed by atoms with Crippen LogP contribution in [0.15, 0.2) is 36.4 Å². The number of rotatable bonds is 3. The van der Waals surface area contributed by atoms with E-state index in [9.17, 15) is 18.0 Å². The Morgan fingerprint density at radius 1 is 1.10 bits per heavy atom. The molecule has 0 radical (unpaired) electrons. The third-order valence-electron chi connectivity index (χ3n) is 2.65. The zero-order chi connectivity index (χ0) is 15.6. The summed E-state index contributed by atoms with van der Waals surface area (Å²) >= 11 is 0. The molecule has 0 atom stereocenters. The Morgan fingerprint density at radius 2 is 1.71 bits per heavy atom. The maximum Gasteiger partial charge on any atom is 0.416 e. The SMILES string of the molecule is NC(=O)c1ccc(N)c(Nc2ccc(C(F)(F)F)cc2)n1. The summed E-state index contributed by atoms with van der Waals surface area (Å²) in [7, 11) is 0. The van der Waals surface area contributed by atoms with Crippen molar-refractivity contribution in [3.63, 3.8) is 0 Å². The van der Waals surface area contributed by atoms with Crippen LogP contribution in [0.2, 0.25) is 0 Å². The summed E-state index contributed by atoms with van der Waals surface area (Å²) in [6.45, 7) is 0. The highest BCUT2D eigenvalue weighted by Gasteiger charge is 2.29. The van der Waals surface area contributed by atoms with Gasteiger partial charge in [-0.1, -0.05) is 0 Å². The first-order chi connectivity index (χ1) is 9.77. The molecule has 0 fully saturated rings. The van der Waals surface area contributed by atoms with Crippen molar-refractivity contribution in [2.24, 2.45) is 5.73 Å². The van der Waals surface area contributed by atoms with Crippen LogP contribution in [0.3, 0.4) is 0 Å². The molecular weight excluding hydrogens is 285 g/mol. The monoisotopic (exact) mass is 296 g/mol. The van der Waals surface area contributed by atoms with Crippen LogP contribution < -0.4 is 16.8 Å². The average Bonchev–Trinajstić information content (AvgIpc) is 2.40. The zero-order valence-corrected chi connectivity index (χ0v) is 10.6. The molecule has 0 saturated carbocycles. The molecule has 0 aliphatic heterocycles. The van der Waals surface area contributed by atoms with E-state index in [0.29, 0.717) is 5.69 Å². The van der Waals surface area contributed by atoms with Gasteiger partial charge in [-0.3, -0.25) is 4.79 Å². The van der Waals surface area contributed by atoms with Crippen LogP contribution in [-0.2, 0) is 6.18 Å². The first kappa shape index (κ1) is 14.6. The number of primary amides is 1. The summed E-state index contributed by atoms with van der Waals surface area (Å²) in [5, 5.41) is 2.73. The van der Waals surface area contributed by atoms with Gasteiger partial charge in [0.25, 0.3) is 5.91 Å². The van der Waals surface area contributed by atoms with E-state index in [0.717, 1.165) is 12.1 Å². The van der Waals surface area contributed by atoms with Gasteiger partial charge >= 0.3 is 6.18 Å². The fourth-order valence-corrected chi connectivity index (χ4v) is 1.59. The van der Waals surface area contributed by atoms with E-state index < -0.39 is 17.6 Å². The average molecular weight is 296 g/mol. The van der Waals surface area contributed by atoms with Crippen molar-refractivity contribution in [3.8, 4) is 0 Å². The topological polar surface area (TPSA) is 94.0 Å². The zero-order valence-electron chi connectivity index (χ0n) is 10.6. The number of carbonyl (C=O) groups is 1. The number of pyridine rings is 1. The lowest BCUT2D eigenvalue weighted by molar-refractivity contribution is -0.137. The highest BCUT2D eigenvalue weighted by atomic mass is 19.4. The summed E-state index contributed by atoms with van der Waals surface area (Å²) in [6.07, 6.45) is -4.40. The predicted molar refractivity (Wildman–Crippen MR) is 71.9 cm³/mol. The van der Waals surface area contributed by atoms with Crippen molar-refractivity contribution in [2.75, 3.05) is 11.1 Å². The first-order valence-corrected chi connectivity index (χ1v) is 5.78. The van der Waals surface area contributed by atoms with Crippen molar-refractivity contribution < 1.29 is 18.0 Å². The van der Waals surface area contributed by atoms with Gasteiger partial charge in [0.15, 0.2) is 5.82 Å². The molecular formula is C13H11F3N4O. The summed E-state index contributed by atoms with van der Waals surface area (Å²) in [6, 6.07) is 7.11. The minimum atomic E-state index is -4.40. The van der Waals surface area contributed by atoms with E-state index >= 15 is 0 Å². The van der Waals surface area contributed by atoms with Crippen LogP contribution in [0.25, 0.3) is 0 Å². The second-order valence-electron chi connectivity index (χ2n) is 4.20. The van der Waals surface area contributed by atoms with Crippen molar-refractivity contribution in [3.05, 3.63) is 47.7 Å². The number of nitrogens with zero attached hydrogens (tertiary/aromatic N) is 1. The number of carbonyl (C=O) groups excluding carboxylic acids is 1. The fourth-order valence-electron chi connectivity index (χ4n) is 1.59.